The second-order valence-electron chi connectivity index (χ2n) is 1.08. The van der Waals surface area contributed by atoms with Crippen molar-refractivity contribution in [2.75, 3.05) is 0 Å². The Morgan fingerprint density at radius 1 is 2.00 bits per heavy atom. The molecule has 1 unspecified atom stereocenters. The lowest BCUT2D eigenvalue weighted by Crippen LogP contribution is -2.21. The van der Waals surface area contributed by atoms with E-state index in [-0.39, 0.29) is 0 Å². The van der Waals surface area contributed by atoms with Gasteiger partial charge < -0.3 is 5.73 Å². The normalized spacial score (nSPS) is 12.7. The van der Waals surface area contributed by atoms with Crippen molar-refractivity contribution in [1.29, 1.82) is 0 Å². The summed E-state index contributed by atoms with van der Waals surface area (Å²) in [5.41, 5.74) is 4.76. The van der Waals surface area contributed by atoms with E-state index in [4.69, 9.17) is 5.73 Å². The molecule has 0 aliphatic carbocycles. The molecule has 0 spiro atoms. The van der Waals surface area contributed by atoms with Crippen LogP contribution in [0, 0.1) is 0 Å². The van der Waals surface area contributed by atoms with Crippen molar-refractivity contribution in [2.45, 2.75) is 5.25 Å². The third-order valence-corrected chi connectivity index (χ3v) is 0.980. The van der Waals surface area contributed by atoms with Gasteiger partial charge in [0.1, 0.15) is 0 Å². The first kappa shape index (κ1) is 6.56. The molecule has 2 N–H and O–H groups in total. The lowest BCUT2D eigenvalue weighted by Gasteiger charge is -1.92. The molecular weight excluding hydrogens is 110 g/mol. The topological polar surface area (TPSA) is 43.1 Å². The minimum Gasteiger partial charge on any atom is -0.368 e. The monoisotopic (exact) mass is 117 g/mol. The van der Waals surface area contributed by atoms with Crippen LogP contribution in [0.15, 0.2) is 12.7 Å². The first-order valence-electron chi connectivity index (χ1n) is 1.78. The molecule has 0 aromatic heterocycles. The molecule has 2 nitrogen and oxygen atoms in total. The summed E-state index contributed by atoms with van der Waals surface area (Å²) in [6.07, 6.45) is 1.38. The number of nitrogens with two attached hydrogens (primary N) is 1. The van der Waals surface area contributed by atoms with Gasteiger partial charge in [-0.15, -0.1) is 6.58 Å². The smallest absolute Gasteiger partial charge is 0.234 e. The fourth-order valence-electron chi connectivity index (χ4n) is 0.116. The van der Waals surface area contributed by atoms with Gasteiger partial charge >= 0.3 is 0 Å². The third-order valence-electron chi connectivity index (χ3n) is 0.515. The van der Waals surface area contributed by atoms with Gasteiger partial charge in [0.25, 0.3) is 0 Å². The highest BCUT2D eigenvalue weighted by Gasteiger charge is 2.00. The van der Waals surface area contributed by atoms with Gasteiger partial charge in [-0.2, -0.15) is 12.6 Å². The van der Waals surface area contributed by atoms with E-state index < -0.39 is 11.2 Å². The first-order valence-corrected chi connectivity index (χ1v) is 2.30. The number of rotatable bonds is 2. The second kappa shape index (κ2) is 2.69. The van der Waals surface area contributed by atoms with E-state index in [0.29, 0.717) is 0 Å². The second-order valence-corrected chi connectivity index (χ2v) is 1.64. The van der Waals surface area contributed by atoms with Crippen LogP contribution in [0.3, 0.4) is 0 Å². The van der Waals surface area contributed by atoms with E-state index in [0.717, 1.165) is 0 Å². The average Bonchev–Trinajstić information content (AvgIpc) is 1.65. The van der Waals surface area contributed by atoms with Gasteiger partial charge in [0.2, 0.25) is 5.91 Å². The van der Waals surface area contributed by atoms with Crippen molar-refractivity contribution >= 4 is 18.5 Å². The van der Waals surface area contributed by atoms with Crippen molar-refractivity contribution in [3.63, 3.8) is 0 Å². The molecule has 0 radical (unpaired) electrons. The molecule has 1 atom stereocenters. The maximum atomic E-state index is 10.0. The number of thiol groups is 1. The van der Waals surface area contributed by atoms with Gasteiger partial charge in [0.05, 0.1) is 5.25 Å². The molecule has 0 heterocycles. The van der Waals surface area contributed by atoms with Crippen molar-refractivity contribution in [1.82, 2.24) is 0 Å². The third kappa shape index (κ3) is 2.28. The zero-order chi connectivity index (χ0) is 5.86. The SMILES string of the molecule is C=CC(S)C(N)=O. The molecule has 0 aromatic rings. The minimum absolute atomic E-state index is 0.460. The Hall–Kier alpha value is -0.440. The molecule has 7 heavy (non-hydrogen) atoms. The van der Waals surface area contributed by atoms with Gasteiger partial charge in [0.15, 0.2) is 0 Å². The van der Waals surface area contributed by atoms with Crippen LogP contribution in [0.1, 0.15) is 0 Å². The van der Waals surface area contributed by atoms with E-state index in [1.54, 1.807) is 0 Å². The summed E-state index contributed by atoms with van der Waals surface area (Å²) in [6.45, 7) is 3.30. The van der Waals surface area contributed by atoms with Crippen molar-refractivity contribution in [3.05, 3.63) is 12.7 Å². The van der Waals surface area contributed by atoms with E-state index in [1.165, 1.54) is 6.08 Å². The predicted molar refractivity (Wildman–Crippen MR) is 32.2 cm³/mol. The van der Waals surface area contributed by atoms with E-state index in [1.807, 2.05) is 0 Å². The lowest BCUT2D eigenvalue weighted by molar-refractivity contribution is -0.116. The summed E-state index contributed by atoms with van der Waals surface area (Å²) >= 11 is 3.73. The molecule has 0 aromatic carbocycles. The molecule has 3 heteroatoms. The number of amides is 1. The summed E-state index contributed by atoms with van der Waals surface area (Å²) < 4.78 is 0. The van der Waals surface area contributed by atoms with Gasteiger partial charge in [-0.1, -0.05) is 6.08 Å². The molecule has 0 saturated carbocycles. The van der Waals surface area contributed by atoms with Crippen molar-refractivity contribution < 1.29 is 4.79 Å². The predicted octanol–water partition coefficient (Wildman–Crippen LogP) is -0.0439. The zero-order valence-corrected chi connectivity index (χ0v) is 4.69. The number of carbonyl (C=O) groups excluding carboxylic acids is 1. The molecule has 0 bridgehead atoms. The number of hydrogen-bond donors (Lipinski definition) is 2. The Morgan fingerprint density at radius 3 is 2.43 bits per heavy atom. The summed E-state index contributed by atoms with van der Waals surface area (Å²) in [6, 6.07) is 0. The standard InChI is InChI=1S/C4H7NOS/c1-2-3(7)4(5)6/h2-3,7H,1H2,(H2,5,6). The molecule has 0 aliphatic rings. The Morgan fingerprint density at radius 2 is 2.43 bits per heavy atom. The molecule has 0 rings (SSSR count). The first-order chi connectivity index (χ1) is 3.18. The molecule has 1 amide bonds. The summed E-state index contributed by atoms with van der Waals surface area (Å²) in [5.74, 6) is -0.460. The van der Waals surface area contributed by atoms with Gasteiger partial charge in [-0.25, -0.2) is 0 Å². The van der Waals surface area contributed by atoms with E-state index in [9.17, 15) is 4.79 Å². The number of hydrogen-bond acceptors (Lipinski definition) is 2. The van der Waals surface area contributed by atoms with Crippen LogP contribution in [0.2, 0.25) is 0 Å². The maximum Gasteiger partial charge on any atom is 0.234 e. The minimum atomic E-state index is -0.500. The van der Waals surface area contributed by atoms with Crippen LogP contribution >= 0.6 is 12.6 Å². The maximum absolute atomic E-state index is 10.0. The molecule has 40 valence electrons. The fourth-order valence-corrected chi connectivity index (χ4v) is 0.116. The van der Waals surface area contributed by atoms with Gasteiger partial charge in [-0.3, -0.25) is 4.79 Å². The highest BCUT2D eigenvalue weighted by atomic mass is 32.1. The summed E-state index contributed by atoms with van der Waals surface area (Å²) in [4.78, 5) is 10.0. The lowest BCUT2D eigenvalue weighted by atomic mass is 10.4. The van der Waals surface area contributed by atoms with Crippen molar-refractivity contribution in [2.24, 2.45) is 5.73 Å². The van der Waals surface area contributed by atoms with Gasteiger partial charge in [0, 0.05) is 0 Å². The Labute approximate surface area is 47.8 Å². The van der Waals surface area contributed by atoms with Crippen LogP contribution in [0.5, 0.6) is 0 Å². The van der Waals surface area contributed by atoms with Gasteiger partial charge in [-0.05, 0) is 0 Å². The summed E-state index contributed by atoms with van der Waals surface area (Å²) in [7, 11) is 0. The van der Waals surface area contributed by atoms with Crippen LogP contribution in [-0.2, 0) is 4.79 Å². The highest BCUT2D eigenvalue weighted by Crippen LogP contribution is 1.91. The molecule has 0 fully saturated rings. The van der Waals surface area contributed by atoms with Crippen LogP contribution in [0.4, 0.5) is 0 Å². The highest BCUT2D eigenvalue weighted by molar-refractivity contribution is 7.82. The molecule has 0 saturated heterocycles. The van der Waals surface area contributed by atoms with Crippen LogP contribution in [-0.4, -0.2) is 11.2 Å². The molecular formula is C4H7NOS. The zero-order valence-electron chi connectivity index (χ0n) is 3.79. The van der Waals surface area contributed by atoms with E-state index in [2.05, 4.69) is 19.2 Å². The van der Waals surface area contributed by atoms with Crippen LogP contribution < -0.4 is 5.73 Å². The largest absolute Gasteiger partial charge is 0.368 e. The molecule has 0 aliphatic heterocycles. The van der Waals surface area contributed by atoms with Crippen LogP contribution in [0.25, 0.3) is 0 Å². The number of carbonyl (C=O) groups is 1. The summed E-state index contributed by atoms with van der Waals surface area (Å²) in [5, 5.41) is -0.500. The Balaban J connectivity index is 3.55. The number of primary amides is 1. The average molecular weight is 117 g/mol. The van der Waals surface area contributed by atoms with E-state index >= 15 is 0 Å². The fraction of sp³-hybridized carbons (Fsp3) is 0.250. The van der Waals surface area contributed by atoms with Crippen molar-refractivity contribution in [3.8, 4) is 0 Å². The Bertz CT molecular complexity index is 91.7. The Kier molecular flexibility index (Phi) is 2.52. The quantitative estimate of drug-likeness (QED) is 0.386.